The van der Waals surface area contributed by atoms with Gasteiger partial charge in [-0.1, -0.05) is 0 Å². The van der Waals surface area contributed by atoms with Gasteiger partial charge in [0.05, 0.1) is 12.6 Å². The number of hydrogen-bond acceptors (Lipinski definition) is 3. The lowest BCUT2D eigenvalue weighted by Gasteiger charge is -2.36. The molecule has 1 saturated carbocycles. The first-order chi connectivity index (χ1) is 8.25. The molecule has 0 radical (unpaired) electrons. The lowest BCUT2D eigenvalue weighted by atomic mass is 10.1. The number of nitrogens with one attached hydrogen (secondary N) is 1. The third kappa shape index (κ3) is 2.16. The van der Waals surface area contributed by atoms with Crippen molar-refractivity contribution in [1.29, 1.82) is 0 Å². The van der Waals surface area contributed by atoms with Crippen molar-refractivity contribution < 1.29 is 14.3 Å². The molecule has 2 heterocycles. The van der Waals surface area contributed by atoms with Crippen molar-refractivity contribution in [1.82, 2.24) is 10.2 Å². The van der Waals surface area contributed by atoms with Gasteiger partial charge >= 0.3 is 0 Å². The summed E-state index contributed by atoms with van der Waals surface area (Å²) >= 11 is 0. The second-order valence-electron chi connectivity index (χ2n) is 5.18. The molecule has 0 aromatic carbocycles. The molecule has 2 saturated heterocycles. The molecular formula is C12H18N2O3. The van der Waals surface area contributed by atoms with E-state index in [1.165, 1.54) is 0 Å². The maximum atomic E-state index is 11.9. The summed E-state index contributed by atoms with van der Waals surface area (Å²) in [5.74, 6) is 0.433. The summed E-state index contributed by atoms with van der Waals surface area (Å²) in [5, 5.41) is 2.69. The third-order valence-corrected chi connectivity index (χ3v) is 3.83. The van der Waals surface area contributed by atoms with Crippen LogP contribution in [0.2, 0.25) is 0 Å². The minimum Gasteiger partial charge on any atom is -0.376 e. The van der Waals surface area contributed by atoms with Crippen molar-refractivity contribution in [3.05, 3.63) is 0 Å². The van der Waals surface area contributed by atoms with Gasteiger partial charge < -0.3 is 15.0 Å². The average molecular weight is 238 g/mol. The van der Waals surface area contributed by atoms with E-state index in [2.05, 4.69) is 5.32 Å². The van der Waals surface area contributed by atoms with Crippen LogP contribution in [0.1, 0.15) is 25.7 Å². The molecule has 2 aliphatic heterocycles. The van der Waals surface area contributed by atoms with Gasteiger partial charge in [-0.3, -0.25) is 9.59 Å². The van der Waals surface area contributed by atoms with E-state index in [-0.39, 0.29) is 30.5 Å². The van der Waals surface area contributed by atoms with Gasteiger partial charge in [0, 0.05) is 13.2 Å². The molecule has 2 unspecified atom stereocenters. The van der Waals surface area contributed by atoms with Gasteiger partial charge in [0.15, 0.2) is 0 Å². The normalized spacial score (nSPS) is 34.0. The van der Waals surface area contributed by atoms with Crippen molar-refractivity contribution >= 4 is 11.8 Å². The Labute approximate surface area is 100 Å². The van der Waals surface area contributed by atoms with E-state index in [4.69, 9.17) is 4.74 Å². The zero-order valence-electron chi connectivity index (χ0n) is 9.85. The Bertz CT molecular complexity index is 335. The quantitative estimate of drug-likeness (QED) is 0.747. The molecule has 17 heavy (non-hydrogen) atoms. The van der Waals surface area contributed by atoms with Crippen LogP contribution < -0.4 is 5.32 Å². The molecule has 1 N–H and O–H groups in total. The molecule has 0 aromatic rings. The van der Waals surface area contributed by atoms with Crippen LogP contribution in [0, 0.1) is 5.92 Å². The third-order valence-electron chi connectivity index (χ3n) is 3.83. The van der Waals surface area contributed by atoms with E-state index >= 15 is 0 Å². The Morgan fingerprint density at radius 1 is 1.29 bits per heavy atom. The number of amides is 2. The van der Waals surface area contributed by atoms with Crippen LogP contribution in [0.3, 0.4) is 0 Å². The van der Waals surface area contributed by atoms with E-state index in [9.17, 15) is 9.59 Å². The molecule has 5 heteroatoms. The number of carbonyl (C=O) groups excluding carboxylic acids is 2. The van der Waals surface area contributed by atoms with E-state index in [0.717, 1.165) is 32.3 Å². The Kier molecular flexibility index (Phi) is 2.78. The summed E-state index contributed by atoms with van der Waals surface area (Å²) < 4.78 is 5.56. The van der Waals surface area contributed by atoms with Gasteiger partial charge in [-0.25, -0.2) is 0 Å². The molecule has 2 atom stereocenters. The predicted molar refractivity (Wildman–Crippen MR) is 60.2 cm³/mol. The maximum absolute atomic E-state index is 11.9. The van der Waals surface area contributed by atoms with Crippen molar-refractivity contribution in [2.24, 2.45) is 5.92 Å². The lowest BCUT2D eigenvalue weighted by molar-refractivity contribution is -0.148. The van der Waals surface area contributed by atoms with Gasteiger partial charge in [-0.15, -0.1) is 0 Å². The lowest BCUT2D eigenvalue weighted by Crippen LogP contribution is -2.60. The number of nitrogens with zero attached hydrogens (tertiary/aromatic N) is 1. The molecule has 0 spiro atoms. The van der Waals surface area contributed by atoms with Gasteiger partial charge in [-0.2, -0.15) is 0 Å². The highest BCUT2D eigenvalue weighted by Gasteiger charge is 2.45. The fraction of sp³-hybridized carbons (Fsp3) is 0.833. The fourth-order valence-electron chi connectivity index (χ4n) is 2.77. The number of carbonyl (C=O) groups is 2. The molecule has 0 bridgehead atoms. The molecule has 3 rings (SSSR count). The highest BCUT2D eigenvalue weighted by Crippen LogP contribution is 2.36. The monoisotopic (exact) mass is 238 g/mol. The number of rotatable bonds is 3. The van der Waals surface area contributed by atoms with E-state index in [1.807, 2.05) is 0 Å². The van der Waals surface area contributed by atoms with Crippen LogP contribution in [-0.4, -0.2) is 48.6 Å². The van der Waals surface area contributed by atoms with E-state index in [1.54, 1.807) is 4.90 Å². The molecule has 3 aliphatic rings. The minimum absolute atomic E-state index is 0.0186. The highest BCUT2D eigenvalue weighted by molar-refractivity contribution is 5.95. The van der Waals surface area contributed by atoms with Gasteiger partial charge in [0.2, 0.25) is 11.8 Å². The van der Waals surface area contributed by atoms with Crippen LogP contribution in [0.25, 0.3) is 0 Å². The van der Waals surface area contributed by atoms with Crippen LogP contribution >= 0.6 is 0 Å². The SMILES string of the molecule is O=C1NCC(=O)N(CC2CCCO2)C1C1CC1. The van der Waals surface area contributed by atoms with Gasteiger partial charge in [0.1, 0.15) is 6.04 Å². The zero-order valence-corrected chi connectivity index (χ0v) is 9.85. The molecule has 2 amide bonds. The van der Waals surface area contributed by atoms with Crippen molar-refractivity contribution in [2.75, 3.05) is 19.7 Å². The Hall–Kier alpha value is -1.10. The summed E-state index contributed by atoms with van der Waals surface area (Å²) in [7, 11) is 0. The smallest absolute Gasteiger partial charge is 0.243 e. The summed E-state index contributed by atoms with van der Waals surface area (Å²) in [6.45, 7) is 1.52. The summed E-state index contributed by atoms with van der Waals surface area (Å²) in [4.78, 5) is 25.5. The van der Waals surface area contributed by atoms with Gasteiger partial charge in [0.25, 0.3) is 0 Å². The Balaban J connectivity index is 1.71. The molecule has 0 aromatic heterocycles. The molecule has 3 fully saturated rings. The van der Waals surface area contributed by atoms with Gasteiger partial charge in [-0.05, 0) is 31.6 Å². The fourth-order valence-corrected chi connectivity index (χ4v) is 2.77. The van der Waals surface area contributed by atoms with Crippen molar-refractivity contribution in [3.63, 3.8) is 0 Å². The first-order valence-electron chi connectivity index (χ1n) is 6.44. The number of hydrogen-bond donors (Lipinski definition) is 1. The molecule has 5 nitrogen and oxygen atoms in total. The van der Waals surface area contributed by atoms with Crippen LogP contribution in [0.5, 0.6) is 0 Å². The first-order valence-corrected chi connectivity index (χ1v) is 6.44. The van der Waals surface area contributed by atoms with Crippen LogP contribution in [0.4, 0.5) is 0 Å². The largest absolute Gasteiger partial charge is 0.376 e. The summed E-state index contributed by atoms with van der Waals surface area (Å²) in [6.07, 6.45) is 4.32. The van der Waals surface area contributed by atoms with E-state index < -0.39 is 0 Å². The summed E-state index contributed by atoms with van der Waals surface area (Å²) in [5.41, 5.74) is 0. The second-order valence-corrected chi connectivity index (χ2v) is 5.18. The second kappa shape index (κ2) is 4.29. The average Bonchev–Trinajstić information content (AvgIpc) is 3.01. The molecule has 1 aliphatic carbocycles. The zero-order chi connectivity index (χ0) is 11.8. The van der Waals surface area contributed by atoms with E-state index in [0.29, 0.717) is 12.5 Å². The van der Waals surface area contributed by atoms with Crippen LogP contribution in [0.15, 0.2) is 0 Å². The predicted octanol–water partition coefficient (Wildman–Crippen LogP) is -0.0976. The Morgan fingerprint density at radius 3 is 2.76 bits per heavy atom. The maximum Gasteiger partial charge on any atom is 0.243 e. The first kappa shape index (κ1) is 11.0. The van der Waals surface area contributed by atoms with Crippen LogP contribution in [-0.2, 0) is 14.3 Å². The highest BCUT2D eigenvalue weighted by atomic mass is 16.5. The van der Waals surface area contributed by atoms with Crippen molar-refractivity contribution in [3.8, 4) is 0 Å². The minimum atomic E-state index is -0.236. The number of ether oxygens (including phenoxy) is 1. The molecule has 94 valence electrons. The van der Waals surface area contributed by atoms with Crippen molar-refractivity contribution in [2.45, 2.75) is 37.8 Å². The number of piperazine rings is 1. The Morgan fingerprint density at radius 2 is 2.12 bits per heavy atom. The summed E-state index contributed by atoms with van der Waals surface area (Å²) in [6, 6.07) is -0.236. The molecular weight excluding hydrogens is 220 g/mol. The topological polar surface area (TPSA) is 58.6 Å². The standard InChI is InChI=1S/C12H18N2O3/c15-10-6-13-12(16)11(8-3-4-8)14(10)7-9-2-1-5-17-9/h8-9,11H,1-7H2,(H,13,16).